The summed E-state index contributed by atoms with van der Waals surface area (Å²) in [5, 5.41) is 8.24. The maximum Gasteiger partial charge on any atom is 0.233 e. The van der Waals surface area contributed by atoms with E-state index in [0.717, 1.165) is 13.0 Å². The first kappa shape index (κ1) is 11.6. The van der Waals surface area contributed by atoms with Gasteiger partial charge in [0.2, 0.25) is 5.91 Å². The van der Waals surface area contributed by atoms with Gasteiger partial charge in [0.25, 0.3) is 0 Å². The molecule has 0 atom stereocenters. The van der Waals surface area contributed by atoms with Crippen molar-refractivity contribution in [3.8, 4) is 0 Å². The van der Waals surface area contributed by atoms with Crippen molar-refractivity contribution >= 4 is 17.2 Å². The molecule has 1 aliphatic carbocycles. The highest BCUT2D eigenvalue weighted by Crippen LogP contribution is 2.18. The Morgan fingerprint density at radius 3 is 3.00 bits per heavy atom. The van der Waals surface area contributed by atoms with Crippen LogP contribution in [-0.4, -0.2) is 25.0 Å². The molecule has 4 heteroatoms. The number of amides is 1. The third-order valence-electron chi connectivity index (χ3n) is 2.77. The maximum atomic E-state index is 11.4. The second-order valence-electron chi connectivity index (χ2n) is 4.28. The molecule has 2 rings (SSSR count). The fourth-order valence-electron chi connectivity index (χ4n) is 1.56. The van der Waals surface area contributed by atoms with Crippen molar-refractivity contribution in [2.75, 3.05) is 13.1 Å². The molecule has 1 aliphatic rings. The summed E-state index contributed by atoms with van der Waals surface area (Å²) in [4.78, 5) is 12.8. The van der Waals surface area contributed by atoms with E-state index in [2.05, 4.69) is 29.0 Å². The first-order chi connectivity index (χ1) is 7.75. The first-order valence-electron chi connectivity index (χ1n) is 5.79. The van der Waals surface area contributed by atoms with Crippen LogP contribution in [0.2, 0.25) is 0 Å². The van der Waals surface area contributed by atoms with Gasteiger partial charge in [-0.05, 0) is 43.2 Å². The Bertz CT molecular complexity index is 358. The molecule has 0 saturated heterocycles. The second-order valence-corrected chi connectivity index (χ2v) is 5.28. The van der Waals surface area contributed by atoms with Gasteiger partial charge in [-0.1, -0.05) is 0 Å². The Balaban J connectivity index is 1.59. The number of rotatable bonds is 6. The second kappa shape index (κ2) is 5.46. The van der Waals surface area contributed by atoms with Crippen LogP contribution in [0.15, 0.2) is 11.4 Å². The summed E-state index contributed by atoms with van der Waals surface area (Å²) >= 11 is 1.76. The van der Waals surface area contributed by atoms with Gasteiger partial charge >= 0.3 is 0 Å². The van der Waals surface area contributed by atoms with Gasteiger partial charge in [0.05, 0.1) is 6.54 Å². The van der Waals surface area contributed by atoms with Gasteiger partial charge in [-0.2, -0.15) is 0 Å². The third kappa shape index (κ3) is 3.61. The van der Waals surface area contributed by atoms with Crippen LogP contribution >= 0.6 is 11.3 Å². The van der Waals surface area contributed by atoms with E-state index in [0.29, 0.717) is 12.6 Å². The largest absolute Gasteiger partial charge is 0.355 e. The molecule has 0 spiro atoms. The molecular weight excluding hydrogens is 220 g/mol. The van der Waals surface area contributed by atoms with E-state index in [-0.39, 0.29) is 5.91 Å². The van der Waals surface area contributed by atoms with Gasteiger partial charge in [-0.25, -0.2) is 0 Å². The molecule has 0 aromatic carbocycles. The SMILES string of the molecule is Cc1ccsc1CCNC(=O)CNC1CC1. The van der Waals surface area contributed by atoms with Crippen LogP contribution in [0.4, 0.5) is 0 Å². The van der Waals surface area contributed by atoms with E-state index in [1.807, 2.05) is 0 Å². The number of aryl methyl sites for hydroxylation is 1. The number of carbonyl (C=O) groups excluding carboxylic acids is 1. The average molecular weight is 238 g/mol. The zero-order chi connectivity index (χ0) is 11.4. The minimum atomic E-state index is 0.112. The number of hydrogen-bond donors (Lipinski definition) is 2. The van der Waals surface area contributed by atoms with Crippen molar-refractivity contribution in [1.29, 1.82) is 0 Å². The molecular formula is C12H18N2OS. The van der Waals surface area contributed by atoms with Crippen molar-refractivity contribution in [1.82, 2.24) is 10.6 Å². The van der Waals surface area contributed by atoms with Gasteiger partial charge < -0.3 is 10.6 Å². The molecule has 1 heterocycles. The molecule has 16 heavy (non-hydrogen) atoms. The molecule has 88 valence electrons. The quantitative estimate of drug-likeness (QED) is 0.788. The summed E-state index contributed by atoms with van der Waals surface area (Å²) in [5.41, 5.74) is 1.33. The molecule has 1 saturated carbocycles. The molecule has 2 N–H and O–H groups in total. The summed E-state index contributed by atoms with van der Waals surface area (Å²) in [5.74, 6) is 0.112. The van der Waals surface area contributed by atoms with E-state index >= 15 is 0 Å². The summed E-state index contributed by atoms with van der Waals surface area (Å²) in [6, 6.07) is 2.72. The van der Waals surface area contributed by atoms with E-state index in [1.54, 1.807) is 11.3 Å². The van der Waals surface area contributed by atoms with E-state index in [4.69, 9.17) is 0 Å². The van der Waals surface area contributed by atoms with Crippen LogP contribution in [0.1, 0.15) is 23.3 Å². The van der Waals surface area contributed by atoms with Crippen LogP contribution in [0.5, 0.6) is 0 Å². The van der Waals surface area contributed by atoms with Crippen molar-refractivity contribution < 1.29 is 4.79 Å². The van der Waals surface area contributed by atoms with E-state index < -0.39 is 0 Å². The van der Waals surface area contributed by atoms with Gasteiger partial charge in [0, 0.05) is 17.5 Å². The average Bonchev–Trinajstić information content (AvgIpc) is 3.01. The van der Waals surface area contributed by atoms with Crippen LogP contribution in [-0.2, 0) is 11.2 Å². The predicted molar refractivity (Wildman–Crippen MR) is 66.8 cm³/mol. The van der Waals surface area contributed by atoms with E-state index in [1.165, 1.54) is 23.3 Å². The van der Waals surface area contributed by atoms with Gasteiger partial charge in [-0.15, -0.1) is 11.3 Å². The summed E-state index contributed by atoms with van der Waals surface area (Å²) in [7, 11) is 0. The Hall–Kier alpha value is -0.870. The number of hydrogen-bond acceptors (Lipinski definition) is 3. The number of carbonyl (C=O) groups is 1. The van der Waals surface area contributed by atoms with Crippen LogP contribution in [0.25, 0.3) is 0 Å². The standard InChI is InChI=1S/C12H18N2OS/c1-9-5-7-16-11(9)4-6-13-12(15)8-14-10-2-3-10/h5,7,10,14H,2-4,6,8H2,1H3,(H,13,15). The Morgan fingerprint density at radius 2 is 2.38 bits per heavy atom. The lowest BCUT2D eigenvalue weighted by Crippen LogP contribution is -2.35. The van der Waals surface area contributed by atoms with Crippen molar-refractivity contribution in [3.63, 3.8) is 0 Å². The van der Waals surface area contributed by atoms with E-state index in [9.17, 15) is 4.79 Å². The zero-order valence-corrected chi connectivity index (χ0v) is 10.4. The van der Waals surface area contributed by atoms with Gasteiger partial charge in [-0.3, -0.25) is 4.79 Å². The molecule has 1 fully saturated rings. The van der Waals surface area contributed by atoms with Gasteiger partial charge in [0.15, 0.2) is 0 Å². The molecule has 1 amide bonds. The highest BCUT2D eigenvalue weighted by molar-refractivity contribution is 7.10. The predicted octanol–water partition coefficient (Wildman–Crippen LogP) is 1.47. The Morgan fingerprint density at radius 1 is 1.56 bits per heavy atom. The molecule has 0 bridgehead atoms. The molecule has 0 radical (unpaired) electrons. The number of nitrogens with one attached hydrogen (secondary N) is 2. The molecule has 0 unspecified atom stereocenters. The summed E-state index contributed by atoms with van der Waals surface area (Å²) in [6.45, 7) is 3.32. The normalized spacial score (nSPS) is 15.1. The lowest BCUT2D eigenvalue weighted by atomic mass is 10.2. The molecule has 0 aliphatic heterocycles. The monoisotopic (exact) mass is 238 g/mol. The fourth-order valence-corrected chi connectivity index (χ4v) is 2.47. The lowest BCUT2D eigenvalue weighted by molar-refractivity contribution is -0.120. The fraction of sp³-hybridized carbons (Fsp3) is 0.583. The minimum Gasteiger partial charge on any atom is -0.355 e. The number of thiophene rings is 1. The van der Waals surface area contributed by atoms with Crippen molar-refractivity contribution in [3.05, 3.63) is 21.9 Å². The third-order valence-corrected chi connectivity index (χ3v) is 3.85. The van der Waals surface area contributed by atoms with Gasteiger partial charge in [0.1, 0.15) is 0 Å². The molecule has 3 nitrogen and oxygen atoms in total. The Labute approximate surface area is 100 Å². The summed E-state index contributed by atoms with van der Waals surface area (Å²) < 4.78 is 0. The highest BCUT2D eigenvalue weighted by Gasteiger charge is 2.20. The molecule has 1 aromatic heterocycles. The smallest absolute Gasteiger partial charge is 0.233 e. The highest BCUT2D eigenvalue weighted by atomic mass is 32.1. The van der Waals surface area contributed by atoms with Crippen LogP contribution < -0.4 is 10.6 Å². The van der Waals surface area contributed by atoms with Crippen molar-refractivity contribution in [2.24, 2.45) is 0 Å². The van der Waals surface area contributed by atoms with Crippen molar-refractivity contribution in [2.45, 2.75) is 32.2 Å². The zero-order valence-electron chi connectivity index (χ0n) is 9.58. The summed E-state index contributed by atoms with van der Waals surface area (Å²) in [6.07, 6.45) is 3.39. The first-order valence-corrected chi connectivity index (χ1v) is 6.66. The minimum absolute atomic E-state index is 0.112. The maximum absolute atomic E-state index is 11.4. The van der Waals surface area contributed by atoms with Crippen LogP contribution in [0.3, 0.4) is 0 Å². The lowest BCUT2D eigenvalue weighted by Gasteiger charge is -2.05. The molecule has 1 aromatic rings. The topological polar surface area (TPSA) is 41.1 Å². The Kier molecular flexibility index (Phi) is 3.96. The van der Waals surface area contributed by atoms with Crippen LogP contribution in [0, 0.1) is 6.92 Å².